The molecule has 0 saturated heterocycles. The minimum absolute atomic E-state index is 0.0560. The van der Waals surface area contributed by atoms with Crippen LogP contribution in [0.15, 0.2) is 35.0 Å². The molecule has 0 fully saturated rings. The minimum atomic E-state index is -0.183. The minimum Gasteiger partial charge on any atom is -0.488 e. The van der Waals surface area contributed by atoms with E-state index in [2.05, 4.69) is 36.7 Å². The zero-order valence-corrected chi connectivity index (χ0v) is 14.9. The Morgan fingerprint density at radius 3 is 3.04 bits per heavy atom. The van der Waals surface area contributed by atoms with Gasteiger partial charge in [0.25, 0.3) is 0 Å². The van der Waals surface area contributed by atoms with Crippen LogP contribution in [0.2, 0.25) is 0 Å². The van der Waals surface area contributed by atoms with Crippen molar-refractivity contribution >= 4 is 17.2 Å². The number of hydrogen-bond donors (Lipinski definition) is 1. The molecule has 1 aliphatic rings. The highest BCUT2D eigenvalue weighted by molar-refractivity contribution is 7.07. The molecule has 0 unspecified atom stereocenters. The van der Waals surface area contributed by atoms with E-state index in [9.17, 15) is 4.79 Å². The normalized spacial score (nSPS) is 14.8. The van der Waals surface area contributed by atoms with Gasteiger partial charge >= 0.3 is 0 Å². The molecule has 0 radical (unpaired) electrons. The summed E-state index contributed by atoms with van der Waals surface area (Å²) in [6.07, 6.45) is 2.18. The van der Waals surface area contributed by atoms with E-state index in [0.717, 1.165) is 24.3 Å². The Morgan fingerprint density at radius 1 is 1.38 bits per heavy atom. The second-order valence-corrected chi connectivity index (χ2v) is 7.39. The van der Waals surface area contributed by atoms with Gasteiger partial charge in [0, 0.05) is 18.4 Å². The van der Waals surface area contributed by atoms with E-state index in [1.54, 1.807) is 11.3 Å². The van der Waals surface area contributed by atoms with Gasteiger partial charge in [0.05, 0.1) is 6.54 Å². The Morgan fingerprint density at radius 2 is 2.25 bits per heavy atom. The molecule has 0 saturated carbocycles. The maximum Gasteiger partial charge on any atom is 0.220 e. The number of benzene rings is 1. The first-order valence-corrected chi connectivity index (χ1v) is 9.19. The molecule has 128 valence electrons. The van der Waals surface area contributed by atoms with Crippen molar-refractivity contribution in [3.05, 3.63) is 46.2 Å². The molecular weight excluding hydrogens is 322 g/mol. The Kier molecular flexibility index (Phi) is 5.09. The zero-order valence-electron chi connectivity index (χ0n) is 14.1. The third-order valence-electron chi connectivity index (χ3n) is 3.96. The number of thiophene rings is 1. The third-order valence-corrected chi connectivity index (χ3v) is 4.69. The smallest absolute Gasteiger partial charge is 0.220 e. The van der Waals surface area contributed by atoms with Crippen LogP contribution >= 0.6 is 11.3 Å². The van der Waals surface area contributed by atoms with Crippen molar-refractivity contribution in [2.24, 2.45) is 0 Å². The lowest BCUT2D eigenvalue weighted by atomic mass is 10.0. The van der Waals surface area contributed by atoms with Gasteiger partial charge in [-0.1, -0.05) is 12.1 Å². The van der Waals surface area contributed by atoms with E-state index >= 15 is 0 Å². The lowest BCUT2D eigenvalue weighted by molar-refractivity contribution is -0.121. The van der Waals surface area contributed by atoms with Crippen molar-refractivity contribution in [1.29, 1.82) is 0 Å². The first kappa shape index (κ1) is 16.8. The molecule has 24 heavy (non-hydrogen) atoms. The fraction of sp³-hybridized carbons (Fsp3) is 0.421. The molecule has 3 rings (SSSR count). The summed E-state index contributed by atoms with van der Waals surface area (Å²) in [4.78, 5) is 11.8. The Bertz CT molecular complexity index is 695. The van der Waals surface area contributed by atoms with Crippen LogP contribution in [0.4, 0.5) is 0 Å². The fourth-order valence-electron chi connectivity index (χ4n) is 2.83. The monoisotopic (exact) mass is 345 g/mol. The molecule has 5 heteroatoms. The highest BCUT2D eigenvalue weighted by Crippen LogP contribution is 2.41. The van der Waals surface area contributed by atoms with Crippen LogP contribution in [0, 0.1) is 0 Å². The molecule has 1 aromatic heterocycles. The molecule has 2 heterocycles. The van der Waals surface area contributed by atoms with Gasteiger partial charge in [0.1, 0.15) is 12.2 Å². The van der Waals surface area contributed by atoms with Crippen molar-refractivity contribution in [3.8, 4) is 11.5 Å². The number of hydrogen-bond acceptors (Lipinski definition) is 4. The summed E-state index contributed by atoms with van der Waals surface area (Å²) in [7, 11) is 0. The van der Waals surface area contributed by atoms with Crippen LogP contribution in [-0.4, -0.2) is 24.7 Å². The van der Waals surface area contributed by atoms with Crippen LogP contribution in [0.3, 0.4) is 0 Å². The molecule has 4 nitrogen and oxygen atoms in total. The highest BCUT2D eigenvalue weighted by Gasteiger charge is 2.32. The second kappa shape index (κ2) is 7.26. The van der Waals surface area contributed by atoms with Crippen molar-refractivity contribution < 1.29 is 14.3 Å². The Balaban J connectivity index is 1.41. The maximum atomic E-state index is 11.8. The SMILES string of the molecule is CC1(C)Cc2cccc(OCCNC(=O)CCc3ccsc3)c2O1. The first-order chi connectivity index (χ1) is 11.5. The molecule has 0 atom stereocenters. The topological polar surface area (TPSA) is 47.6 Å². The number of rotatable bonds is 7. The lowest BCUT2D eigenvalue weighted by Gasteiger charge is -2.18. The van der Waals surface area contributed by atoms with E-state index in [0.29, 0.717) is 19.6 Å². The van der Waals surface area contributed by atoms with Crippen LogP contribution in [0.5, 0.6) is 11.5 Å². The molecule has 0 aliphatic carbocycles. The number of fused-ring (bicyclic) bond motifs is 1. The molecule has 0 bridgehead atoms. The quantitative estimate of drug-likeness (QED) is 0.780. The fourth-order valence-corrected chi connectivity index (χ4v) is 3.54. The van der Waals surface area contributed by atoms with Crippen LogP contribution in [0.25, 0.3) is 0 Å². The summed E-state index contributed by atoms with van der Waals surface area (Å²) in [6.45, 7) is 5.08. The first-order valence-electron chi connectivity index (χ1n) is 8.25. The van der Waals surface area contributed by atoms with Crippen molar-refractivity contribution in [3.63, 3.8) is 0 Å². The largest absolute Gasteiger partial charge is 0.488 e. The number of ether oxygens (including phenoxy) is 2. The zero-order chi connectivity index (χ0) is 17.0. The van der Waals surface area contributed by atoms with E-state index in [1.807, 2.05) is 17.5 Å². The van der Waals surface area contributed by atoms with Gasteiger partial charge in [0.2, 0.25) is 5.91 Å². The average Bonchev–Trinajstić information content (AvgIpc) is 3.15. The highest BCUT2D eigenvalue weighted by atomic mass is 32.1. The van der Waals surface area contributed by atoms with Gasteiger partial charge in [-0.3, -0.25) is 4.79 Å². The van der Waals surface area contributed by atoms with Crippen molar-refractivity contribution in [2.75, 3.05) is 13.2 Å². The maximum absolute atomic E-state index is 11.8. The van der Waals surface area contributed by atoms with Gasteiger partial charge in [-0.05, 0) is 48.7 Å². The molecular formula is C19H23NO3S. The predicted molar refractivity (Wildman–Crippen MR) is 96.0 cm³/mol. The summed E-state index contributed by atoms with van der Waals surface area (Å²) in [5.41, 5.74) is 2.21. The number of carbonyl (C=O) groups is 1. The molecule has 1 N–H and O–H groups in total. The Hall–Kier alpha value is -2.01. The standard InChI is InChI=1S/C19H23NO3S/c1-19(2)12-15-4-3-5-16(18(15)23-19)22-10-9-20-17(21)7-6-14-8-11-24-13-14/h3-5,8,11,13H,6-7,9-10,12H2,1-2H3,(H,20,21). The summed E-state index contributed by atoms with van der Waals surface area (Å²) in [6, 6.07) is 8.03. The number of nitrogens with one attached hydrogen (secondary N) is 1. The third kappa shape index (κ3) is 4.29. The predicted octanol–water partition coefficient (Wildman–Crippen LogP) is 3.59. The second-order valence-electron chi connectivity index (χ2n) is 6.61. The number of carbonyl (C=O) groups excluding carboxylic acids is 1. The summed E-state index contributed by atoms with van der Waals surface area (Å²) in [5, 5.41) is 7.01. The summed E-state index contributed by atoms with van der Waals surface area (Å²) in [5.74, 6) is 1.65. The summed E-state index contributed by atoms with van der Waals surface area (Å²) < 4.78 is 11.8. The Labute approximate surface area is 146 Å². The van der Waals surface area contributed by atoms with E-state index < -0.39 is 0 Å². The number of amides is 1. The van der Waals surface area contributed by atoms with E-state index in [1.165, 1.54) is 11.1 Å². The molecule has 1 aliphatic heterocycles. The van der Waals surface area contributed by atoms with Crippen LogP contribution < -0.4 is 14.8 Å². The average molecular weight is 345 g/mol. The molecule has 1 amide bonds. The van der Waals surface area contributed by atoms with Gasteiger partial charge in [-0.2, -0.15) is 11.3 Å². The van der Waals surface area contributed by atoms with Crippen LogP contribution in [0.1, 0.15) is 31.4 Å². The molecule has 1 aromatic carbocycles. The van der Waals surface area contributed by atoms with E-state index in [-0.39, 0.29) is 11.5 Å². The van der Waals surface area contributed by atoms with Crippen LogP contribution in [-0.2, 0) is 17.6 Å². The molecule has 2 aromatic rings. The summed E-state index contributed by atoms with van der Waals surface area (Å²) >= 11 is 1.66. The van der Waals surface area contributed by atoms with E-state index in [4.69, 9.17) is 9.47 Å². The van der Waals surface area contributed by atoms with Crippen molar-refractivity contribution in [2.45, 2.75) is 38.7 Å². The van der Waals surface area contributed by atoms with Gasteiger partial charge < -0.3 is 14.8 Å². The van der Waals surface area contributed by atoms with Crippen molar-refractivity contribution in [1.82, 2.24) is 5.32 Å². The van der Waals surface area contributed by atoms with Gasteiger partial charge in [-0.15, -0.1) is 0 Å². The lowest BCUT2D eigenvalue weighted by Crippen LogP contribution is -2.28. The van der Waals surface area contributed by atoms with Gasteiger partial charge in [-0.25, -0.2) is 0 Å². The van der Waals surface area contributed by atoms with Gasteiger partial charge in [0.15, 0.2) is 11.5 Å². The number of para-hydroxylation sites is 1. The molecule has 0 spiro atoms. The number of aryl methyl sites for hydroxylation is 1.